The summed E-state index contributed by atoms with van der Waals surface area (Å²) in [5, 5.41) is 6.35. The first-order valence-electron chi connectivity index (χ1n) is 8.48. The summed E-state index contributed by atoms with van der Waals surface area (Å²) < 4.78 is 80.3. The summed E-state index contributed by atoms with van der Waals surface area (Å²) in [4.78, 5) is 20.7. The van der Waals surface area contributed by atoms with Crippen molar-refractivity contribution < 1.29 is 31.1 Å². The van der Waals surface area contributed by atoms with Crippen molar-refractivity contribution in [3.05, 3.63) is 68.9 Å². The number of amides is 1. The summed E-state index contributed by atoms with van der Waals surface area (Å²) in [5.41, 5.74) is -3.94. The molecule has 13 heteroatoms. The quantitative estimate of drug-likeness (QED) is 0.371. The van der Waals surface area contributed by atoms with Crippen LogP contribution in [0.5, 0.6) is 0 Å². The van der Waals surface area contributed by atoms with Gasteiger partial charge in [0.1, 0.15) is 6.33 Å². The van der Waals surface area contributed by atoms with Gasteiger partial charge in [-0.2, -0.15) is 36.1 Å². The second-order valence-corrected chi connectivity index (χ2v) is 7.60. The van der Waals surface area contributed by atoms with Crippen molar-refractivity contribution in [3.63, 3.8) is 0 Å². The Bertz CT molecular complexity index is 1060. The third-order valence-electron chi connectivity index (χ3n) is 4.09. The average molecular weight is 555 g/mol. The lowest BCUT2D eigenvalue weighted by molar-refractivity contribution is -0.143. The third-order valence-corrected chi connectivity index (χ3v) is 4.73. The van der Waals surface area contributed by atoms with Crippen LogP contribution in [0.3, 0.4) is 0 Å². The van der Waals surface area contributed by atoms with Crippen molar-refractivity contribution in [2.24, 2.45) is 0 Å². The molecule has 0 saturated carbocycles. The van der Waals surface area contributed by atoms with Crippen LogP contribution in [0.1, 0.15) is 40.3 Å². The zero-order valence-electron chi connectivity index (χ0n) is 15.5. The van der Waals surface area contributed by atoms with Crippen LogP contribution < -0.4 is 5.32 Å². The molecule has 3 aromatic rings. The predicted octanol–water partition coefficient (Wildman–Crippen LogP) is 4.80. The maximum Gasteiger partial charge on any atom is 0.416 e. The lowest BCUT2D eigenvalue weighted by Gasteiger charge is -2.17. The van der Waals surface area contributed by atoms with E-state index in [1.807, 2.05) is 0 Å². The number of carbonyl (C=O) groups excluding carboxylic acids is 1. The van der Waals surface area contributed by atoms with E-state index in [-0.39, 0.29) is 11.9 Å². The molecule has 0 aliphatic carbocycles. The van der Waals surface area contributed by atoms with E-state index in [9.17, 15) is 31.1 Å². The molecule has 6 nitrogen and oxygen atoms in total. The number of nitrogens with one attached hydrogen (secondary N) is 1. The van der Waals surface area contributed by atoms with Gasteiger partial charge in [-0.25, -0.2) is 9.97 Å². The van der Waals surface area contributed by atoms with E-state index in [1.165, 1.54) is 17.9 Å². The predicted molar refractivity (Wildman–Crippen MR) is 104 cm³/mol. The highest BCUT2D eigenvalue weighted by Crippen LogP contribution is 2.36. The summed E-state index contributed by atoms with van der Waals surface area (Å²) in [6.07, 6.45) is -7.37. The summed E-state index contributed by atoms with van der Waals surface area (Å²) >= 11 is 2.05. The lowest BCUT2D eigenvalue weighted by Crippen LogP contribution is -2.29. The molecule has 0 saturated heterocycles. The molecule has 1 amide bonds. The van der Waals surface area contributed by atoms with Crippen molar-refractivity contribution in [1.82, 2.24) is 25.1 Å². The van der Waals surface area contributed by atoms with Crippen LogP contribution in [0, 0.1) is 3.57 Å². The van der Waals surface area contributed by atoms with Gasteiger partial charge < -0.3 is 5.32 Å². The summed E-state index contributed by atoms with van der Waals surface area (Å²) in [7, 11) is 0. The highest BCUT2D eigenvalue weighted by Gasteiger charge is 2.37. The van der Waals surface area contributed by atoms with E-state index in [0.717, 1.165) is 3.57 Å². The number of rotatable bonds is 4. The molecular weight excluding hydrogens is 543 g/mol. The topological polar surface area (TPSA) is 72.7 Å². The highest BCUT2D eigenvalue weighted by atomic mass is 127. The minimum Gasteiger partial charge on any atom is -0.342 e. The fraction of sp³-hybridized carbons (Fsp3) is 0.222. The average Bonchev–Trinajstić information content (AvgIpc) is 3.16. The van der Waals surface area contributed by atoms with Crippen LogP contribution in [-0.4, -0.2) is 25.7 Å². The summed E-state index contributed by atoms with van der Waals surface area (Å²) in [6.45, 7) is 1.46. The largest absolute Gasteiger partial charge is 0.416 e. The van der Waals surface area contributed by atoms with Gasteiger partial charge in [-0.05, 0) is 59.8 Å². The van der Waals surface area contributed by atoms with Gasteiger partial charge in [0.05, 0.1) is 17.2 Å². The first-order chi connectivity index (χ1) is 14.4. The molecule has 0 aliphatic rings. The van der Waals surface area contributed by atoms with Crippen molar-refractivity contribution in [2.45, 2.75) is 25.3 Å². The van der Waals surface area contributed by atoms with Crippen LogP contribution in [0.15, 0.2) is 42.9 Å². The van der Waals surface area contributed by atoms with Crippen molar-refractivity contribution >= 4 is 28.5 Å². The van der Waals surface area contributed by atoms with Gasteiger partial charge in [-0.1, -0.05) is 0 Å². The maximum atomic E-state index is 13.0. The molecule has 1 aromatic carbocycles. The van der Waals surface area contributed by atoms with E-state index in [4.69, 9.17) is 0 Å². The fourth-order valence-electron chi connectivity index (χ4n) is 2.65. The molecule has 0 unspecified atom stereocenters. The fourth-order valence-corrected chi connectivity index (χ4v) is 2.97. The Morgan fingerprint density at radius 3 is 2.16 bits per heavy atom. The van der Waals surface area contributed by atoms with Gasteiger partial charge in [-0.3, -0.25) is 4.79 Å². The minimum absolute atomic E-state index is 0.0424. The molecule has 31 heavy (non-hydrogen) atoms. The molecule has 2 aromatic heterocycles. The zero-order chi connectivity index (χ0) is 23.0. The zero-order valence-corrected chi connectivity index (χ0v) is 17.6. The standard InChI is InChI=1S/C18H12F6IN5O/c1-9(15-27-8-28-30(15)14-3-2-13(25)7-26-14)29-16(31)10-4-11(17(19,20)21)6-12(5-10)18(22,23)24/h2-9H,1H3,(H,29,31)/t9-/m0/s1. The number of hydrogen-bond donors (Lipinski definition) is 1. The number of aromatic nitrogens is 4. The summed E-state index contributed by atoms with van der Waals surface area (Å²) in [6, 6.07) is 3.17. The minimum atomic E-state index is -5.06. The van der Waals surface area contributed by atoms with Crippen LogP contribution in [0.25, 0.3) is 5.82 Å². The van der Waals surface area contributed by atoms with Gasteiger partial charge in [-0.15, -0.1) is 0 Å². The maximum absolute atomic E-state index is 13.0. The Hall–Kier alpha value is -2.71. The Balaban J connectivity index is 1.90. The molecular formula is C18H12F6IN5O. The normalized spacial score (nSPS) is 13.2. The number of alkyl halides is 6. The molecule has 1 N–H and O–H groups in total. The molecule has 0 fully saturated rings. The highest BCUT2D eigenvalue weighted by molar-refractivity contribution is 14.1. The van der Waals surface area contributed by atoms with Crippen LogP contribution in [0.4, 0.5) is 26.3 Å². The van der Waals surface area contributed by atoms with Gasteiger partial charge >= 0.3 is 12.4 Å². The lowest BCUT2D eigenvalue weighted by atomic mass is 10.0. The van der Waals surface area contributed by atoms with Gasteiger partial charge in [0.2, 0.25) is 0 Å². The SMILES string of the molecule is C[C@H](NC(=O)c1cc(C(F)(F)F)cc(C(F)(F)F)c1)c1ncnn1-c1ccc(I)cn1. The summed E-state index contributed by atoms with van der Waals surface area (Å²) in [5.74, 6) is -0.577. The van der Waals surface area contributed by atoms with Gasteiger partial charge in [0.15, 0.2) is 11.6 Å². The van der Waals surface area contributed by atoms with Crippen LogP contribution in [-0.2, 0) is 12.4 Å². The Morgan fingerprint density at radius 1 is 1.03 bits per heavy atom. The van der Waals surface area contributed by atoms with Crippen molar-refractivity contribution in [1.29, 1.82) is 0 Å². The van der Waals surface area contributed by atoms with Gasteiger partial charge in [0, 0.05) is 15.3 Å². The third kappa shape index (κ3) is 5.32. The Kier molecular flexibility index (Phi) is 6.25. The van der Waals surface area contributed by atoms with E-state index < -0.39 is 41.0 Å². The molecule has 3 rings (SSSR count). The molecule has 164 valence electrons. The van der Waals surface area contributed by atoms with E-state index >= 15 is 0 Å². The monoisotopic (exact) mass is 555 g/mol. The van der Waals surface area contributed by atoms with Gasteiger partial charge in [0.25, 0.3) is 5.91 Å². The number of hydrogen-bond acceptors (Lipinski definition) is 4. The molecule has 0 bridgehead atoms. The smallest absolute Gasteiger partial charge is 0.342 e. The van der Waals surface area contributed by atoms with Crippen LogP contribution >= 0.6 is 22.6 Å². The molecule has 1 atom stereocenters. The Labute approximate surface area is 184 Å². The molecule has 2 heterocycles. The van der Waals surface area contributed by atoms with E-state index in [2.05, 4.69) is 43.0 Å². The van der Waals surface area contributed by atoms with E-state index in [1.54, 1.807) is 18.3 Å². The molecule has 0 aliphatic heterocycles. The number of halogens is 7. The number of pyridine rings is 1. The number of benzene rings is 1. The second-order valence-electron chi connectivity index (χ2n) is 6.35. The van der Waals surface area contributed by atoms with Crippen molar-refractivity contribution in [3.8, 4) is 5.82 Å². The number of nitrogens with zero attached hydrogens (tertiary/aromatic N) is 4. The molecule has 0 radical (unpaired) electrons. The number of carbonyl (C=O) groups is 1. The Morgan fingerprint density at radius 2 is 1.65 bits per heavy atom. The van der Waals surface area contributed by atoms with E-state index in [0.29, 0.717) is 18.0 Å². The van der Waals surface area contributed by atoms with Crippen molar-refractivity contribution in [2.75, 3.05) is 0 Å². The van der Waals surface area contributed by atoms with Crippen LogP contribution in [0.2, 0.25) is 0 Å². The molecule has 0 spiro atoms. The second kappa shape index (κ2) is 8.43. The first kappa shape index (κ1) is 23.0. The first-order valence-corrected chi connectivity index (χ1v) is 9.56.